The van der Waals surface area contributed by atoms with Gasteiger partial charge in [-0.3, -0.25) is 14.1 Å². The fourth-order valence-electron chi connectivity index (χ4n) is 3.64. The molecule has 3 aromatic rings. The molecule has 140 valence electrons. The van der Waals surface area contributed by atoms with Crippen molar-refractivity contribution < 1.29 is 9.18 Å². The number of amides is 1. The van der Waals surface area contributed by atoms with Gasteiger partial charge in [-0.2, -0.15) is 0 Å². The molecule has 0 spiro atoms. The Hall–Kier alpha value is -2.73. The Morgan fingerprint density at radius 3 is 2.52 bits per heavy atom. The first-order valence-electron chi connectivity index (χ1n) is 9.37. The zero-order valence-electron chi connectivity index (χ0n) is 15.4. The molecule has 1 aromatic carbocycles. The topological polar surface area (TPSA) is 40.9 Å². The number of carbonyl (C=O) groups is 1. The van der Waals surface area contributed by atoms with E-state index in [1.54, 1.807) is 10.5 Å². The van der Waals surface area contributed by atoms with Gasteiger partial charge in [0.25, 0.3) is 5.91 Å². The minimum absolute atomic E-state index is 0.0655. The molecule has 0 N–H and O–H groups in total. The van der Waals surface area contributed by atoms with E-state index in [2.05, 4.69) is 22.0 Å². The molecule has 2 aromatic heterocycles. The number of hydrogen-bond donors (Lipinski definition) is 0. The van der Waals surface area contributed by atoms with Crippen molar-refractivity contribution in [1.82, 2.24) is 19.2 Å². The van der Waals surface area contributed by atoms with E-state index in [0.717, 1.165) is 25.3 Å². The molecule has 0 unspecified atom stereocenters. The normalized spacial score (nSPS) is 15.4. The van der Waals surface area contributed by atoms with E-state index in [9.17, 15) is 9.18 Å². The number of carbonyl (C=O) groups excluding carboxylic acids is 1. The van der Waals surface area contributed by atoms with Gasteiger partial charge in [0.1, 0.15) is 17.2 Å². The smallest absolute Gasteiger partial charge is 0.272 e. The Balaban J connectivity index is 1.50. The van der Waals surface area contributed by atoms with Gasteiger partial charge in [-0.05, 0) is 24.1 Å². The number of imidazole rings is 1. The molecule has 0 atom stereocenters. The Morgan fingerprint density at radius 2 is 1.81 bits per heavy atom. The van der Waals surface area contributed by atoms with E-state index in [1.807, 2.05) is 30.0 Å². The van der Waals surface area contributed by atoms with Gasteiger partial charge in [-0.15, -0.1) is 0 Å². The van der Waals surface area contributed by atoms with Gasteiger partial charge in [-0.25, -0.2) is 9.37 Å². The van der Waals surface area contributed by atoms with Gasteiger partial charge < -0.3 is 4.90 Å². The standard InChI is InChI=1S/C21H23FN4O/c1-2-18-20(26-15-17(22)8-9-19(26)23-18)21(27)25-12-10-24(11-13-25)14-16-6-4-3-5-7-16/h3-9,15H,2,10-14H2,1H3. The maximum absolute atomic E-state index is 13.7. The Kier molecular flexibility index (Phi) is 4.90. The number of rotatable bonds is 4. The van der Waals surface area contributed by atoms with Crippen molar-refractivity contribution in [2.45, 2.75) is 19.9 Å². The summed E-state index contributed by atoms with van der Waals surface area (Å²) in [5.41, 5.74) is 3.10. The zero-order chi connectivity index (χ0) is 18.8. The number of aryl methyl sites for hydroxylation is 1. The summed E-state index contributed by atoms with van der Waals surface area (Å²) in [6, 6.07) is 13.3. The van der Waals surface area contributed by atoms with Crippen molar-refractivity contribution in [1.29, 1.82) is 0 Å². The number of nitrogens with zero attached hydrogens (tertiary/aromatic N) is 4. The zero-order valence-corrected chi connectivity index (χ0v) is 15.4. The largest absolute Gasteiger partial charge is 0.335 e. The maximum atomic E-state index is 13.7. The summed E-state index contributed by atoms with van der Waals surface area (Å²) in [4.78, 5) is 21.9. The summed E-state index contributed by atoms with van der Waals surface area (Å²) >= 11 is 0. The quantitative estimate of drug-likeness (QED) is 0.713. The molecule has 27 heavy (non-hydrogen) atoms. The molecule has 0 saturated carbocycles. The molecule has 6 heteroatoms. The lowest BCUT2D eigenvalue weighted by atomic mass is 10.2. The molecule has 1 fully saturated rings. The van der Waals surface area contributed by atoms with Crippen LogP contribution in [0.4, 0.5) is 4.39 Å². The van der Waals surface area contributed by atoms with Gasteiger partial charge in [0.05, 0.1) is 5.69 Å². The van der Waals surface area contributed by atoms with Crippen molar-refractivity contribution in [3.05, 3.63) is 71.4 Å². The van der Waals surface area contributed by atoms with Crippen LogP contribution >= 0.6 is 0 Å². The van der Waals surface area contributed by atoms with Crippen molar-refractivity contribution in [3.63, 3.8) is 0 Å². The Morgan fingerprint density at radius 1 is 1.07 bits per heavy atom. The van der Waals surface area contributed by atoms with Crippen molar-refractivity contribution >= 4 is 11.6 Å². The highest BCUT2D eigenvalue weighted by Crippen LogP contribution is 2.18. The van der Waals surface area contributed by atoms with Gasteiger partial charge in [0, 0.05) is 38.9 Å². The van der Waals surface area contributed by atoms with Gasteiger partial charge in [0.2, 0.25) is 0 Å². The Bertz CT molecular complexity index is 945. The lowest BCUT2D eigenvalue weighted by Gasteiger charge is -2.34. The molecule has 0 aliphatic carbocycles. The highest BCUT2D eigenvalue weighted by atomic mass is 19.1. The van der Waals surface area contributed by atoms with Crippen LogP contribution in [0.5, 0.6) is 0 Å². The summed E-state index contributed by atoms with van der Waals surface area (Å²) < 4.78 is 15.3. The average Bonchev–Trinajstić information content (AvgIpc) is 3.06. The third-order valence-corrected chi connectivity index (χ3v) is 5.10. The highest BCUT2D eigenvalue weighted by Gasteiger charge is 2.27. The molecule has 0 radical (unpaired) electrons. The van der Waals surface area contributed by atoms with Crippen LogP contribution in [0.15, 0.2) is 48.7 Å². The molecule has 5 nitrogen and oxygen atoms in total. The number of halogens is 1. The molecule has 1 aliphatic heterocycles. The van der Waals surface area contributed by atoms with Crippen LogP contribution in [-0.4, -0.2) is 51.3 Å². The predicted octanol–water partition coefficient (Wildman–Crippen LogP) is 2.99. The fraction of sp³-hybridized carbons (Fsp3) is 0.333. The summed E-state index contributed by atoms with van der Waals surface area (Å²) in [5, 5.41) is 0. The van der Waals surface area contributed by atoms with Crippen LogP contribution in [0, 0.1) is 5.82 Å². The van der Waals surface area contributed by atoms with E-state index >= 15 is 0 Å². The van der Waals surface area contributed by atoms with Crippen LogP contribution in [0.2, 0.25) is 0 Å². The molecular weight excluding hydrogens is 343 g/mol. The number of pyridine rings is 1. The van der Waals surface area contributed by atoms with Crippen molar-refractivity contribution in [2.24, 2.45) is 0 Å². The van der Waals surface area contributed by atoms with Gasteiger partial charge >= 0.3 is 0 Å². The molecular formula is C21H23FN4O. The third-order valence-electron chi connectivity index (χ3n) is 5.10. The van der Waals surface area contributed by atoms with Gasteiger partial charge in [0.15, 0.2) is 0 Å². The minimum Gasteiger partial charge on any atom is -0.335 e. The molecule has 0 bridgehead atoms. The van der Waals surface area contributed by atoms with Crippen molar-refractivity contribution in [2.75, 3.05) is 26.2 Å². The first-order valence-corrected chi connectivity index (χ1v) is 9.37. The van der Waals surface area contributed by atoms with E-state index in [4.69, 9.17) is 0 Å². The van der Waals surface area contributed by atoms with Crippen LogP contribution in [0.25, 0.3) is 5.65 Å². The second-order valence-corrected chi connectivity index (χ2v) is 6.89. The monoisotopic (exact) mass is 366 g/mol. The van der Waals surface area contributed by atoms with Crippen molar-refractivity contribution in [3.8, 4) is 0 Å². The number of aromatic nitrogens is 2. The molecule has 4 rings (SSSR count). The van der Waals surface area contributed by atoms with E-state index in [0.29, 0.717) is 30.9 Å². The van der Waals surface area contributed by atoms with Crippen LogP contribution in [-0.2, 0) is 13.0 Å². The fourth-order valence-corrected chi connectivity index (χ4v) is 3.64. The molecule has 1 saturated heterocycles. The summed E-state index contributed by atoms with van der Waals surface area (Å²) in [6.07, 6.45) is 1.98. The number of fused-ring (bicyclic) bond motifs is 1. The molecule has 3 heterocycles. The summed E-state index contributed by atoms with van der Waals surface area (Å²) in [6.45, 7) is 5.84. The van der Waals surface area contributed by atoms with Crippen LogP contribution in [0.3, 0.4) is 0 Å². The first-order chi connectivity index (χ1) is 13.2. The SMILES string of the molecule is CCc1nc2ccc(F)cn2c1C(=O)N1CCN(Cc2ccccc2)CC1. The van der Waals surface area contributed by atoms with E-state index in [1.165, 1.54) is 17.8 Å². The Labute approximate surface area is 158 Å². The van der Waals surface area contributed by atoms with Crippen LogP contribution in [0.1, 0.15) is 28.7 Å². The second kappa shape index (κ2) is 7.48. The predicted molar refractivity (Wildman–Crippen MR) is 102 cm³/mol. The molecule has 1 amide bonds. The lowest BCUT2D eigenvalue weighted by molar-refractivity contribution is 0.0620. The number of benzene rings is 1. The number of piperazine rings is 1. The van der Waals surface area contributed by atoms with Crippen LogP contribution < -0.4 is 0 Å². The maximum Gasteiger partial charge on any atom is 0.272 e. The minimum atomic E-state index is -0.371. The summed E-state index contributed by atoms with van der Waals surface area (Å²) in [5.74, 6) is -0.436. The second-order valence-electron chi connectivity index (χ2n) is 6.89. The number of hydrogen-bond acceptors (Lipinski definition) is 3. The molecule has 1 aliphatic rings. The van der Waals surface area contributed by atoms with E-state index in [-0.39, 0.29) is 11.7 Å². The highest BCUT2D eigenvalue weighted by molar-refractivity contribution is 5.94. The lowest BCUT2D eigenvalue weighted by Crippen LogP contribution is -2.48. The van der Waals surface area contributed by atoms with Gasteiger partial charge in [-0.1, -0.05) is 37.3 Å². The third kappa shape index (κ3) is 3.57. The van der Waals surface area contributed by atoms with E-state index < -0.39 is 0 Å². The summed E-state index contributed by atoms with van der Waals surface area (Å²) in [7, 11) is 0. The average molecular weight is 366 g/mol. The first kappa shape index (κ1) is 17.7.